The number of hydrogen-bond donors (Lipinski definition) is 3. The summed E-state index contributed by atoms with van der Waals surface area (Å²) in [6.45, 7) is 4.88. The summed E-state index contributed by atoms with van der Waals surface area (Å²) >= 11 is 0. The van der Waals surface area contributed by atoms with E-state index < -0.39 is 0 Å². The Bertz CT molecular complexity index is 532. The van der Waals surface area contributed by atoms with E-state index in [9.17, 15) is 9.90 Å². The minimum atomic E-state index is -0.204. The number of aliphatic hydroxyl groups excluding tert-OH is 1. The van der Waals surface area contributed by atoms with Gasteiger partial charge in [0, 0.05) is 31.0 Å². The number of aliphatic hydroxyl groups is 1. The molecular weight excluding hydrogens is 280 g/mol. The van der Waals surface area contributed by atoms with Gasteiger partial charge in [-0.05, 0) is 45.4 Å². The molecule has 2 aliphatic rings. The maximum atomic E-state index is 12.1. The van der Waals surface area contributed by atoms with E-state index in [1.54, 1.807) is 6.20 Å². The Hall–Kier alpha value is -1.56. The lowest BCUT2D eigenvalue weighted by molar-refractivity contribution is 0.204. The molecule has 2 fully saturated rings. The summed E-state index contributed by atoms with van der Waals surface area (Å²) in [6, 6.07) is 0.0900. The highest BCUT2D eigenvalue weighted by Crippen LogP contribution is 2.44. The van der Waals surface area contributed by atoms with Crippen LogP contribution in [-0.4, -0.2) is 34.1 Å². The van der Waals surface area contributed by atoms with Crippen molar-refractivity contribution >= 4 is 11.7 Å². The molecule has 0 radical (unpaired) electrons. The Morgan fingerprint density at radius 3 is 2.68 bits per heavy atom. The van der Waals surface area contributed by atoms with Gasteiger partial charge >= 0.3 is 6.03 Å². The molecule has 6 heteroatoms. The van der Waals surface area contributed by atoms with Crippen LogP contribution in [0, 0.1) is 11.8 Å². The number of amides is 2. The molecule has 0 spiro atoms. The summed E-state index contributed by atoms with van der Waals surface area (Å²) < 4.78 is 2.01. The number of hydrogen-bond acceptors (Lipinski definition) is 3. The van der Waals surface area contributed by atoms with Gasteiger partial charge in [0.25, 0.3) is 0 Å². The number of anilines is 1. The van der Waals surface area contributed by atoms with Crippen molar-refractivity contribution in [3.8, 4) is 0 Å². The van der Waals surface area contributed by atoms with E-state index in [1.807, 2.05) is 4.68 Å². The molecule has 1 aromatic heterocycles. The SMILES string of the molecule is CC(C)n1ncc(NC(=O)NCC(CO)C2CC2)c1C1CC1. The predicted molar refractivity (Wildman–Crippen MR) is 84.9 cm³/mol. The van der Waals surface area contributed by atoms with Gasteiger partial charge in [0.05, 0.1) is 17.6 Å². The number of aromatic nitrogens is 2. The number of urea groups is 1. The zero-order valence-electron chi connectivity index (χ0n) is 13.4. The highest BCUT2D eigenvalue weighted by atomic mass is 16.3. The minimum Gasteiger partial charge on any atom is -0.396 e. The fraction of sp³-hybridized carbons (Fsp3) is 0.750. The molecule has 3 rings (SSSR count). The molecule has 3 N–H and O–H groups in total. The largest absolute Gasteiger partial charge is 0.396 e. The lowest BCUT2D eigenvalue weighted by atomic mass is 10.1. The first-order valence-corrected chi connectivity index (χ1v) is 8.33. The first kappa shape index (κ1) is 15.3. The quantitative estimate of drug-likeness (QED) is 0.724. The smallest absolute Gasteiger partial charge is 0.319 e. The summed E-state index contributed by atoms with van der Waals surface area (Å²) in [5.41, 5.74) is 1.96. The molecule has 0 saturated heterocycles. The van der Waals surface area contributed by atoms with E-state index in [0.29, 0.717) is 24.4 Å². The Morgan fingerprint density at radius 2 is 2.14 bits per heavy atom. The zero-order valence-corrected chi connectivity index (χ0v) is 13.4. The Labute approximate surface area is 131 Å². The van der Waals surface area contributed by atoms with Crippen LogP contribution in [0.4, 0.5) is 10.5 Å². The first-order valence-electron chi connectivity index (χ1n) is 8.33. The average Bonchev–Trinajstić information content (AvgIpc) is 3.39. The Balaban J connectivity index is 1.59. The molecular formula is C16H26N4O2. The fourth-order valence-corrected chi connectivity index (χ4v) is 2.98. The van der Waals surface area contributed by atoms with E-state index in [0.717, 1.165) is 11.4 Å². The molecule has 0 bridgehead atoms. The van der Waals surface area contributed by atoms with Gasteiger partial charge in [0.1, 0.15) is 0 Å². The summed E-state index contributed by atoms with van der Waals surface area (Å²) in [5.74, 6) is 1.29. The number of nitrogens with zero attached hydrogens (tertiary/aromatic N) is 2. The third kappa shape index (κ3) is 3.43. The second-order valence-electron chi connectivity index (χ2n) is 6.87. The van der Waals surface area contributed by atoms with Crippen molar-refractivity contribution in [2.45, 2.75) is 51.5 Å². The minimum absolute atomic E-state index is 0.142. The molecule has 2 aliphatic carbocycles. The van der Waals surface area contributed by atoms with Gasteiger partial charge in [0.15, 0.2) is 0 Å². The second kappa shape index (κ2) is 6.28. The van der Waals surface area contributed by atoms with E-state index in [2.05, 4.69) is 29.6 Å². The van der Waals surface area contributed by atoms with Crippen LogP contribution < -0.4 is 10.6 Å². The van der Waals surface area contributed by atoms with Crippen molar-refractivity contribution in [1.29, 1.82) is 0 Å². The molecule has 6 nitrogen and oxygen atoms in total. The summed E-state index contributed by atoms with van der Waals surface area (Å²) in [5, 5.41) is 19.6. The molecule has 2 saturated carbocycles. The first-order chi connectivity index (χ1) is 10.6. The summed E-state index contributed by atoms with van der Waals surface area (Å²) in [4.78, 5) is 12.1. The molecule has 0 aliphatic heterocycles. The van der Waals surface area contributed by atoms with Crippen molar-refractivity contribution in [3.63, 3.8) is 0 Å². The molecule has 1 aromatic rings. The third-order valence-electron chi connectivity index (χ3n) is 4.58. The maximum absolute atomic E-state index is 12.1. The van der Waals surface area contributed by atoms with Gasteiger partial charge in [0.2, 0.25) is 0 Å². The normalized spacial score (nSPS) is 19.3. The van der Waals surface area contributed by atoms with Gasteiger partial charge in [-0.25, -0.2) is 4.79 Å². The van der Waals surface area contributed by atoms with Gasteiger partial charge < -0.3 is 15.7 Å². The van der Waals surface area contributed by atoms with Crippen molar-refractivity contribution in [3.05, 3.63) is 11.9 Å². The van der Waals surface area contributed by atoms with Crippen molar-refractivity contribution in [2.24, 2.45) is 11.8 Å². The number of nitrogens with one attached hydrogen (secondary N) is 2. The van der Waals surface area contributed by atoms with Gasteiger partial charge in [-0.15, -0.1) is 0 Å². The van der Waals surface area contributed by atoms with Crippen LogP contribution in [0.25, 0.3) is 0 Å². The molecule has 2 amide bonds. The van der Waals surface area contributed by atoms with Crippen LogP contribution in [0.5, 0.6) is 0 Å². The lowest BCUT2D eigenvalue weighted by Gasteiger charge is -2.15. The molecule has 0 aromatic carbocycles. The second-order valence-corrected chi connectivity index (χ2v) is 6.87. The number of carbonyl (C=O) groups is 1. The third-order valence-corrected chi connectivity index (χ3v) is 4.58. The van der Waals surface area contributed by atoms with Crippen LogP contribution in [0.2, 0.25) is 0 Å². The molecule has 22 heavy (non-hydrogen) atoms. The monoisotopic (exact) mass is 306 g/mol. The summed E-state index contributed by atoms with van der Waals surface area (Å²) in [6.07, 6.45) is 6.42. The fourth-order valence-electron chi connectivity index (χ4n) is 2.98. The highest BCUT2D eigenvalue weighted by molar-refractivity contribution is 5.89. The van der Waals surface area contributed by atoms with Crippen LogP contribution in [0.3, 0.4) is 0 Å². The molecule has 1 atom stereocenters. The lowest BCUT2D eigenvalue weighted by Crippen LogP contribution is -2.35. The van der Waals surface area contributed by atoms with Crippen molar-refractivity contribution in [2.75, 3.05) is 18.5 Å². The standard InChI is InChI=1S/C16H26N4O2/c1-10(2)20-15(12-5-6-12)14(8-18-20)19-16(22)17-7-13(9-21)11-3-4-11/h8,10-13,21H,3-7,9H2,1-2H3,(H2,17,19,22). The van der Waals surface area contributed by atoms with E-state index >= 15 is 0 Å². The maximum Gasteiger partial charge on any atom is 0.319 e. The van der Waals surface area contributed by atoms with Crippen LogP contribution in [-0.2, 0) is 0 Å². The van der Waals surface area contributed by atoms with Crippen LogP contribution in [0.15, 0.2) is 6.20 Å². The Kier molecular flexibility index (Phi) is 4.38. The van der Waals surface area contributed by atoms with E-state index in [4.69, 9.17) is 0 Å². The van der Waals surface area contributed by atoms with E-state index in [-0.39, 0.29) is 18.6 Å². The van der Waals surface area contributed by atoms with Gasteiger partial charge in [-0.1, -0.05) is 0 Å². The predicted octanol–water partition coefficient (Wildman–Crippen LogP) is 2.48. The number of rotatable bonds is 7. The van der Waals surface area contributed by atoms with Crippen molar-refractivity contribution < 1.29 is 9.90 Å². The van der Waals surface area contributed by atoms with E-state index in [1.165, 1.54) is 25.7 Å². The van der Waals surface area contributed by atoms with Crippen molar-refractivity contribution in [1.82, 2.24) is 15.1 Å². The number of carbonyl (C=O) groups excluding carboxylic acids is 1. The topological polar surface area (TPSA) is 79.2 Å². The van der Waals surface area contributed by atoms with Gasteiger partial charge in [-0.2, -0.15) is 5.10 Å². The zero-order chi connectivity index (χ0) is 15.7. The Morgan fingerprint density at radius 1 is 1.41 bits per heavy atom. The van der Waals surface area contributed by atoms with Crippen LogP contribution in [0.1, 0.15) is 57.2 Å². The molecule has 122 valence electrons. The molecule has 1 unspecified atom stereocenters. The highest BCUT2D eigenvalue weighted by Gasteiger charge is 2.32. The van der Waals surface area contributed by atoms with Gasteiger partial charge in [-0.3, -0.25) is 4.68 Å². The summed E-state index contributed by atoms with van der Waals surface area (Å²) in [7, 11) is 0. The van der Waals surface area contributed by atoms with Crippen LogP contribution >= 0.6 is 0 Å². The molecule has 1 heterocycles. The average molecular weight is 306 g/mol.